The van der Waals surface area contributed by atoms with Crippen LogP contribution in [0, 0.1) is 23.0 Å². The lowest BCUT2D eigenvalue weighted by molar-refractivity contribution is -0.120. The number of carbonyl (C=O) groups excluding carboxylic acids is 1. The molecule has 0 spiro atoms. The molecule has 4 aromatic rings. The fourth-order valence-corrected chi connectivity index (χ4v) is 5.10. The average Bonchev–Trinajstić information content (AvgIpc) is 3.30. The van der Waals surface area contributed by atoms with E-state index in [-0.39, 0.29) is 70.1 Å². The van der Waals surface area contributed by atoms with Gasteiger partial charge in [-0.05, 0) is 30.7 Å². The molecule has 2 atom stereocenters. The number of nitrogens with one attached hydrogen (secondary N) is 1. The number of fused-ring (bicyclic) bond motifs is 1. The molecule has 40 heavy (non-hydrogen) atoms. The normalized spacial score (nSPS) is 16.7. The molecule has 1 unspecified atom stereocenters. The number of anilines is 3. The molecule has 1 saturated heterocycles. The number of hydrogen-bond acceptors (Lipinski definition) is 10. The summed E-state index contributed by atoms with van der Waals surface area (Å²) in [4.78, 5) is 40.4. The number of carbonyl (C=O) groups is 1. The van der Waals surface area contributed by atoms with Crippen molar-refractivity contribution >= 4 is 46.0 Å². The van der Waals surface area contributed by atoms with Gasteiger partial charge in [-0.3, -0.25) is 14.2 Å². The number of aromatic nitrogens is 4. The summed E-state index contributed by atoms with van der Waals surface area (Å²) in [5, 5.41) is 12.7. The van der Waals surface area contributed by atoms with Crippen LogP contribution in [0.4, 0.5) is 26.4 Å². The van der Waals surface area contributed by atoms with E-state index in [9.17, 15) is 23.6 Å². The molecule has 7 N–H and O–H groups in total. The Morgan fingerprint density at radius 1 is 1.18 bits per heavy atom. The van der Waals surface area contributed by atoms with Crippen LogP contribution in [0.2, 0.25) is 5.02 Å². The molecule has 12 nitrogen and oxygen atoms in total. The van der Waals surface area contributed by atoms with Crippen molar-refractivity contribution in [3.05, 3.63) is 74.8 Å². The van der Waals surface area contributed by atoms with Gasteiger partial charge in [-0.15, -0.1) is 0 Å². The predicted molar refractivity (Wildman–Crippen MR) is 144 cm³/mol. The summed E-state index contributed by atoms with van der Waals surface area (Å²) < 4.78 is 29.8. The molecule has 204 valence electrons. The summed E-state index contributed by atoms with van der Waals surface area (Å²) >= 11 is 6.34. The molecule has 0 radical (unpaired) electrons. The second-order valence-electron chi connectivity index (χ2n) is 9.02. The molecule has 1 aliphatic rings. The highest BCUT2D eigenvalue weighted by Crippen LogP contribution is 2.38. The molecule has 1 amide bonds. The fraction of sp³-hybridized carbons (Fsp3) is 0.200. The predicted octanol–water partition coefficient (Wildman–Crippen LogP) is 1.54. The van der Waals surface area contributed by atoms with E-state index in [1.54, 1.807) is 17.0 Å². The largest absolute Gasteiger partial charge is 0.382 e. The first-order valence-electron chi connectivity index (χ1n) is 11.9. The van der Waals surface area contributed by atoms with Gasteiger partial charge in [0, 0.05) is 18.7 Å². The molecular formula is C25H21ClF2N10O2. The lowest BCUT2D eigenvalue weighted by Crippen LogP contribution is -2.40. The van der Waals surface area contributed by atoms with Crippen molar-refractivity contribution < 1.29 is 13.6 Å². The summed E-state index contributed by atoms with van der Waals surface area (Å²) in [6.07, 6.45) is 0.136. The molecule has 1 fully saturated rings. The van der Waals surface area contributed by atoms with Crippen LogP contribution in [0.15, 0.2) is 41.2 Å². The van der Waals surface area contributed by atoms with Crippen LogP contribution in [0.3, 0.4) is 0 Å². The molecule has 0 aliphatic carbocycles. The van der Waals surface area contributed by atoms with E-state index in [2.05, 4.69) is 15.3 Å². The first-order valence-corrected chi connectivity index (χ1v) is 12.3. The van der Waals surface area contributed by atoms with Gasteiger partial charge in [0.25, 0.3) is 5.56 Å². The summed E-state index contributed by atoms with van der Waals surface area (Å²) in [6, 6.07) is 7.80. The van der Waals surface area contributed by atoms with E-state index >= 15 is 0 Å². The van der Waals surface area contributed by atoms with Gasteiger partial charge in [0.15, 0.2) is 5.82 Å². The number of halogens is 3. The number of benzene rings is 2. The van der Waals surface area contributed by atoms with Gasteiger partial charge in [0.05, 0.1) is 34.2 Å². The monoisotopic (exact) mass is 566 g/mol. The molecule has 2 aromatic carbocycles. The van der Waals surface area contributed by atoms with Crippen LogP contribution in [0.1, 0.15) is 23.9 Å². The topological polar surface area (TPSA) is 195 Å². The molecule has 3 heterocycles. The molecule has 15 heteroatoms. The zero-order valence-electron chi connectivity index (χ0n) is 20.6. The highest BCUT2D eigenvalue weighted by Gasteiger charge is 2.40. The second-order valence-corrected chi connectivity index (χ2v) is 9.43. The maximum absolute atomic E-state index is 14.4. The third-order valence-electron chi connectivity index (χ3n) is 6.45. The van der Waals surface area contributed by atoms with Crippen LogP contribution in [0.25, 0.3) is 16.6 Å². The lowest BCUT2D eigenvalue weighted by Gasteiger charge is -2.28. The maximum atomic E-state index is 14.4. The van der Waals surface area contributed by atoms with Crippen LogP contribution >= 0.6 is 11.6 Å². The molecule has 5 rings (SSSR count). The summed E-state index contributed by atoms with van der Waals surface area (Å²) in [7, 11) is 0. The van der Waals surface area contributed by atoms with Gasteiger partial charge < -0.3 is 27.4 Å². The van der Waals surface area contributed by atoms with E-state index in [1.165, 1.54) is 6.07 Å². The Balaban J connectivity index is 1.81. The first-order chi connectivity index (χ1) is 19.1. The van der Waals surface area contributed by atoms with Crippen molar-refractivity contribution in [3.8, 4) is 11.8 Å². The van der Waals surface area contributed by atoms with Crippen molar-refractivity contribution in [2.24, 2.45) is 5.73 Å². The summed E-state index contributed by atoms with van der Waals surface area (Å²) in [5.41, 5.74) is 16.6. The molecule has 2 aromatic heterocycles. The first kappa shape index (κ1) is 26.7. The number of nitrogens with two attached hydrogens (primary N) is 3. The Labute approximate surface area is 230 Å². The number of rotatable bonds is 5. The number of nitrogen functional groups attached to an aromatic ring is 2. The van der Waals surface area contributed by atoms with Crippen LogP contribution < -0.4 is 33.0 Å². The minimum atomic E-state index is -0.924. The van der Waals surface area contributed by atoms with Gasteiger partial charge >= 0.3 is 0 Å². The zero-order chi connectivity index (χ0) is 28.7. The van der Waals surface area contributed by atoms with Crippen LogP contribution in [-0.4, -0.2) is 44.6 Å². The Hall–Kier alpha value is -4.87. The molecule has 0 bridgehead atoms. The van der Waals surface area contributed by atoms with E-state index in [0.717, 1.165) is 16.7 Å². The lowest BCUT2D eigenvalue weighted by atomic mass is 10.1. The average molecular weight is 567 g/mol. The van der Waals surface area contributed by atoms with Gasteiger partial charge in [0.2, 0.25) is 11.9 Å². The third kappa shape index (κ3) is 4.72. The van der Waals surface area contributed by atoms with Crippen molar-refractivity contribution in [1.29, 1.82) is 5.26 Å². The third-order valence-corrected chi connectivity index (χ3v) is 6.76. The molecule has 0 saturated carbocycles. The summed E-state index contributed by atoms with van der Waals surface area (Å²) in [5.74, 6) is -2.63. The van der Waals surface area contributed by atoms with Crippen molar-refractivity contribution in [3.63, 3.8) is 0 Å². The Bertz CT molecular complexity index is 1750. The smallest absolute Gasteiger partial charge is 0.267 e. The van der Waals surface area contributed by atoms with E-state index in [1.807, 2.05) is 6.07 Å². The molecule has 1 aliphatic heterocycles. The standard InChI is InChI=1S/C25H21ClF2N10O2/c26-16-2-1-3-17-20(16)24(40)38(14-5-11(27)4-12(28)6-14)23(34-17)18-7-13(33-19(39)9-30)10-37(18)22-15(8-29)21(31)35-25(32)36-22/h1-6,13,18H,7,9-10,30H2,(H,33,39)(H4,31,32,35,36)/t13-,18?/m1/s1. The quantitative estimate of drug-likeness (QED) is 0.275. The van der Waals surface area contributed by atoms with Crippen LogP contribution in [-0.2, 0) is 4.79 Å². The Kier molecular flexibility index (Phi) is 6.92. The van der Waals surface area contributed by atoms with E-state index in [0.29, 0.717) is 6.07 Å². The minimum Gasteiger partial charge on any atom is -0.382 e. The van der Waals surface area contributed by atoms with E-state index in [4.69, 9.17) is 33.8 Å². The number of amides is 1. The Morgan fingerprint density at radius 3 is 2.58 bits per heavy atom. The number of hydrogen-bond donors (Lipinski definition) is 4. The van der Waals surface area contributed by atoms with Crippen molar-refractivity contribution in [2.75, 3.05) is 29.5 Å². The number of nitrogens with zero attached hydrogens (tertiary/aromatic N) is 6. The van der Waals surface area contributed by atoms with Gasteiger partial charge in [0.1, 0.15) is 34.9 Å². The van der Waals surface area contributed by atoms with E-state index < -0.39 is 35.2 Å². The van der Waals surface area contributed by atoms with Crippen LogP contribution in [0.5, 0.6) is 0 Å². The highest BCUT2D eigenvalue weighted by atomic mass is 35.5. The fourth-order valence-electron chi connectivity index (χ4n) is 4.85. The van der Waals surface area contributed by atoms with Gasteiger partial charge in [-0.1, -0.05) is 17.7 Å². The number of nitriles is 1. The second kappa shape index (κ2) is 10.4. The highest BCUT2D eigenvalue weighted by molar-refractivity contribution is 6.35. The Morgan fingerprint density at radius 2 is 1.90 bits per heavy atom. The van der Waals surface area contributed by atoms with Gasteiger partial charge in [-0.25, -0.2) is 13.8 Å². The SMILES string of the molecule is N#Cc1c(N)nc(N)nc1N1C[C@H](NC(=O)CN)CC1c1nc2cccc(Cl)c2c(=O)n1-c1cc(F)cc(F)c1. The van der Waals surface area contributed by atoms with Gasteiger partial charge in [-0.2, -0.15) is 15.2 Å². The molecular weight excluding hydrogens is 546 g/mol. The zero-order valence-corrected chi connectivity index (χ0v) is 21.4. The van der Waals surface area contributed by atoms with Crippen molar-refractivity contribution in [1.82, 2.24) is 24.8 Å². The minimum absolute atomic E-state index is 0.0272. The maximum Gasteiger partial charge on any atom is 0.267 e. The summed E-state index contributed by atoms with van der Waals surface area (Å²) in [6.45, 7) is -0.208. The van der Waals surface area contributed by atoms with Crippen molar-refractivity contribution in [2.45, 2.75) is 18.5 Å².